The summed E-state index contributed by atoms with van der Waals surface area (Å²) in [7, 11) is 1.47. The fourth-order valence-electron chi connectivity index (χ4n) is 9.17. The Hall–Kier alpha value is -3.49. The number of hydrogen-bond donors (Lipinski definition) is 2. The van der Waals surface area contributed by atoms with Crippen molar-refractivity contribution < 1.29 is 28.8 Å². The number of fused-ring (bicyclic) bond motifs is 4. The van der Waals surface area contributed by atoms with Crippen molar-refractivity contribution in [3.8, 4) is 17.2 Å². The van der Waals surface area contributed by atoms with Crippen LogP contribution in [-0.2, 0) is 27.8 Å². The zero-order valence-electron chi connectivity index (χ0n) is 28.9. The predicted molar refractivity (Wildman–Crippen MR) is 190 cm³/mol. The maximum Gasteiger partial charge on any atom is 0.331 e. The van der Waals surface area contributed by atoms with Gasteiger partial charge in [-0.2, -0.15) is 0 Å². The molecule has 7 rings (SSSR count). The van der Waals surface area contributed by atoms with Gasteiger partial charge in [0.05, 0.1) is 26.9 Å². The summed E-state index contributed by atoms with van der Waals surface area (Å²) in [4.78, 5) is 18.2. The molecule has 1 fully saturated rings. The molecule has 0 bridgehead atoms. The molecule has 1 saturated carbocycles. The number of rotatable bonds is 9. The Kier molecular flexibility index (Phi) is 9.73. The van der Waals surface area contributed by atoms with Crippen LogP contribution in [0.2, 0.25) is 5.02 Å². The number of halogens is 1. The second kappa shape index (κ2) is 14.0. The van der Waals surface area contributed by atoms with E-state index in [9.17, 15) is 9.90 Å². The van der Waals surface area contributed by atoms with Gasteiger partial charge in [-0.3, -0.25) is 4.98 Å². The van der Waals surface area contributed by atoms with Gasteiger partial charge in [-0.15, -0.1) is 0 Å². The number of nitrogens with one attached hydrogen (secondary N) is 1. The lowest BCUT2D eigenvalue weighted by Gasteiger charge is -2.47. The van der Waals surface area contributed by atoms with Gasteiger partial charge in [0, 0.05) is 34.6 Å². The lowest BCUT2D eigenvalue weighted by Crippen LogP contribution is -2.53. The first kappa shape index (κ1) is 34.0. The zero-order chi connectivity index (χ0) is 34.2. The quantitative estimate of drug-likeness (QED) is 0.220. The van der Waals surface area contributed by atoms with Crippen molar-refractivity contribution in [2.45, 2.75) is 101 Å². The molecule has 2 aromatic carbocycles. The van der Waals surface area contributed by atoms with E-state index in [1.807, 2.05) is 36.5 Å². The van der Waals surface area contributed by atoms with E-state index in [-0.39, 0.29) is 24.1 Å². The molecule has 1 spiro atoms. The van der Waals surface area contributed by atoms with Crippen LogP contribution in [-0.4, -0.2) is 54.6 Å². The van der Waals surface area contributed by atoms with Crippen molar-refractivity contribution >= 4 is 23.3 Å². The van der Waals surface area contributed by atoms with Gasteiger partial charge in [-0.25, -0.2) is 4.79 Å². The Morgan fingerprint density at radius 3 is 2.76 bits per heavy atom. The number of benzene rings is 2. The Balaban J connectivity index is 1.17. The van der Waals surface area contributed by atoms with Crippen molar-refractivity contribution in [2.24, 2.45) is 11.8 Å². The molecule has 0 unspecified atom stereocenters. The summed E-state index contributed by atoms with van der Waals surface area (Å²) in [6.45, 7) is 5.67. The third-order valence-electron chi connectivity index (χ3n) is 11.7. The van der Waals surface area contributed by atoms with Crippen LogP contribution in [0.15, 0.2) is 48.7 Å². The largest absolute Gasteiger partial charge is 0.493 e. The molecule has 9 heteroatoms. The molecule has 0 saturated heterocycles. The van der Waals surface area contributed by atoms with Crippen molar-refractivity contribution in [1.29, 1.82) is 0 Å². The van der Waals surface area contributed by atoms with Crippen molar-refractivity contribution in [2.75, 3.05) is 32.2 Å². The van der Waals surface area contributed by atoms with Crippen LogP contribution in [0.5, 0.6) is 17.2 Å². The molecule has 4 aliphatic rings. The number of esters is 1. The van der Waals surface area contributed by atoms with Crippen molar-refractivity contribution in [3.05, 3.63) is 76.1 Å². The molecule has 2 heterocycles. The summed E-state index contributed by atoms with van der Waals surface area (Å²) in [6, 6.07) is 13.9. The minimum Gasteiger partial charge on any atom is -0.493 e. The van der Waals surface area contributed by atoms with E-state index in [0.717, 1.165) is 49.3 Å². The number of pyridine rings is 1. The van der Waals surface area contributed by atoms with Crippen LogP contribution < -0.4 is 19.5 Å². The minimum absolute atomic E-state index is 0.0541. The summed E-state index contributed by atoms with van der Waals surface area (Å²) >= 11 is 6.33. The first-order chi connectivity index (χ1) is 23.7. The van der Waals surface area contributed by atoms with Gasteiger partial charge in [0.15, 0.2) is 11.5 Å². The third kappa shape index (κ3) is 6.59. The van der Waals surface area contributed by atoms with Crippen LogP contribution in [0, 0.1) is 11.8 Å². The predicted octanol–water partition coefficient (Wildman–Crippen LogP) is 7.81. The molecule has 0 amide bonds. The zero-order valence-corrected chi connectivity index (χ0v) is 29.7. The number of ether oxygens (including phenoxy) is 4. The maximum atomic E-state index is 13.5. The van der Waals surface area contributed by atoms with Crippen LogP contribution >= 0.6 is 11.6 Å². The smallest absolute Gasteiger partial charge is 0.331 e. The molecule has 1 aromatic heterocycles. The number of methoxy groups -OCH3 is 1. The molecule has 2 N–H and O–H groups in total. The number of hydrogen-bond acceptors (Lipinski definition) is 8. The van der Waals surface area contributed by atoms with Crippen molar-refractivity contribution in [1.82, 2.24) is 4.98 Å². The molecule has 262 valence electrons. The fraction of sp³-hybridized carbons (Fsp3) is 0.550. The average molecular weight is 689 g/mol. The highest BCUT2D eigenvalue weighted by molar-refractivity contribution is 6.30. The number of aryl methyl sites for hydroxylation is 1. The normalized spacial score (nSPS) is 27.8. The van der Waals surface area contributed by atoms with E-state index in [4.69, 9.17) is 30.5 Å². The molecule has 8 nitrogen and oxygen atoms in total. The lowest BCUT2D eigenvalue weighted by atomic mass is 9.59. The molecule has 1 aliphatic heterocycles. The lowest BCUT2D eigenvalue weighted by molar-refractivity contribution is -0.148. The summed E-state index contributed by atoms with van der Waals surface area (Å²) in [6.07, 6.45) is 10.3. The highest BCUT2D eigenvalue weighted by atomic mass is 35.5. The Bertz CT molecular complexity index is 1670. The van der Waals surface area contributed by atoms with Gasteiger partial charge in [0.1, 0.15) is 17.4 Å². The number of carbonyl (C=O) groups excluding carboxylic acids is 1. The van der Waals surface area contributed by atoms with Crippen LogP contribution in [0.4, 0.5) is 5.69 Å². The Morgan fingerprint density at radius 1 is 1.14 bits per heavy atom. The van der Waals surface area contributed by atoms with Gasteiger partial charge in [-0.1, -0.05) is 31.5 Å². The second-order valence-corrected chi connectivity index (χ2v) is 15.3. The Morgan fingerprint density at radius 2 is 1.98 bits per heavy atom. The topological polar surface area (TPSA) is 99.1 Å². The molecule has 3 aliphatic carbocycles. The van der Waals surface area contributed by atoms with E-state index < -0.39 is 5.54 Å². The van der Waals surface area contributed by atoms with Gasteiger partial charge in [0.2, 0.25) is 0 Å². The van der Waals surface area contributed by atoms with Crippen molar-refractivity contribution in [3.63, 3.8) is 0 Å². The number of aliphatic hydroxyl groups is 1. The molecule has 49 heavy (non-hydrogen) atoms. The van der Waals surface area contributed by atoms with E-state index in [2.05, 4.69) is 36.3 Å². The van der Waals surface area contributed by atoms with Gasteiger partial charge >= 0.3 is 5.97 Å². The van der Waals surface area contributed by atoms with Crippen LogP contribution in [0.1, 0.15) is 93.5 Å². The molecular formula is C40H49ClN2O6. The Labute approximate surface area is 294 Å². The first-order valence-electron chi connectivity index (χ1n) is 18.0. The third-order valence-corrected chi connectivity index (χ3v) is 12.0. The molecule has 4 atom stereocenters. The number of carbonyl (C=O) groups is 1. The SMILES string of the molecule is COC(=O)[C@]1(Nc2cccc(Cl)c2)CC[C@@]2(CC1)c1cc3c(cc1C[C@@H]2C[C@@H](C)COc1ccnc2c1[C@H](C)CCC2)OCC[C@H](CO)O3. The monoisotopic (exact) mass is 688 g/mol. The fourth-order valence-corrected chi connectivity index (χ4v) is 9.36. The maximum absolute atomic E-state index is 13.5. The van der Waals surface area contributed by atoms with Gasteiger partial charge < -0.3 is 29.4 Å². The molecule has 3 aromatic rings. The highest BCUT2D eigenvalue weighted by Gasteiger charge is 2.55. The summed E-state index contributed by atoms with van der Waals surface area (Å²) < 4.78 is 24.5. The van der Waals surface area contributed by atoms with E-state index in [1.165, 1.54) is 42.3 Å². The summed E-state index contributed by atoms with van der Waals surface area (Å²) in [5.41, 5.74) is 4.81. The number of nitrogens with zero attached hydrogens (tertiary/aromatic N) is 1. The standard InChI is InChI=1S/C40H49ClN2O6/c1-25(24-48-34-10-16-42-33-9-4-6-26(2)37(33)34)18-28-19-27-20-35-36(49-31(23-44)11-17-47-35)22-32(27)39(28)12-14-40(15-13-39,38(45)46-3)43-30-8-5-7-29(41)21-30/h5,7-8,10,16,20-22,25-26,28,31,43-44H,4,6,9,11-15,17-19,23-24H2,1-3H3/t25-,26-,28+,31-,39-,40-/m1/s1. The number of anilines is 1. The number of aromatic nitrogens is 1. The van der Waals surface area contributed by atoms with E-state index in [1.54, 1.807) is 0 Å². The van der Waals surface area contributed by atoms with Gasteiger partial charge in [-0.05, 0) is 128 Å². The van der Waals surface area contributed by atoms with Crippen LogP contribution in [0.3, 0.4) is 0 Å². The van der Waals surface area contributed by atoms with E-state index >= 15 is 0 Å². The highest BCUT2D eigenvalue weighted by Crippen LogP contribution is 2.58. The summed E-state index contributed by atoms with van der Waals surface area (Å²) in [5, 5.41) is 14.1. The average Bonchev–Trinajstić information content (AvgIpc) is 3.23. The number of aliphatic hydroxyl groups excluding tert-OH is 1. The molecule has 0 radical (unpaired) electrons. The second-order valence-electron chi connectivity index (χ2n) is 14.9. The first-order valence-corrected chi connectivity index (χ1v) is 18.4. The van der Waals surface area contributed by atoms with Crippen LogP contribution in [0.25, 0.3) is 0 Å². The minimum atomic E-state index is -0.864. The van der Waals surface area contributed by atoms with E-state index in [0.29, 0.717) is 61.0 Å². The van der Waals surface area contributed by atoms with Gasteiger partial charge in [0.25, 0.3) is 0 Å². The summed E-state index contributed by atoms with van der Waals surface area (Å²) in [5.74, 6) is 3.28. The molecular weight excluding hydrogens is 640 g/mol.